The van der Waals surface area contributed by atoms with E-state index in [-0.39, 0.29) is 17.3 Å². The summed E-state index contributed by atoms with van der Waals surface area (Å²) in [6.07, 6.45) is 0.900. The Balaban J connectivity index is 1.95. The number of hydrogen-bond donors (Lipinski definition) is 2. The predicted molar refractivity (Wildman–Crippen MR) is 106 cm³/mol. The Labute approximate surface area is 163 Å². The lowest BCUT2D eigenvalue weighted by Gasteiger charge is -2.20. The summed E-state index contributed by atoms with van der Waals surface area (Å²) in [5.41, 5.74) is 8.49. The van der Waals surface area contributed by atoms with Crippen molar-refractivity contribution in [3.05, 3.63) is 106 Å². The van der Waals surface area contributed by atoms with E-state index in [4.69, 9.17) is 5.73 Å². The summed E-state index contributed by atoms with van der Waals surface area (Å²) in [6, 6.07) is 19.6. The van der Waals surface area contributed by atoms with Crippen molar-refractivity contribution in [1.29, 1.82) is 0 Å². The summed E-state index contributed by atoms with van der Waals surface area (Å²) in [5, 5.41) is 2.94. The first-order chi connectivity index (χ1) is 13.5. The SMILES string of the molecule is CCc1ccc([C@@H](NC(=O)c2cccc(C(N)=O)c2)c2cccc(F)c2)cc1. The molecule has 4 nitrogen and oxygen atoms in total. The number of primary amides is 1. The second-order valence-corrected chi connectivity index (χ2v) is 6.50. The van der Waals surface area contributed by atoms with E-state index in [0.29, 0.717) is 11.1 Å². The van der Waals surface area contributed by atoms with Crippen LogP contribution in [-0.4, -0.2) is 11.8 Å². The summed E-state index contributed by atoms with van der Waals surface area (Å²) < 4.78 is 13.8. The highest BCUT2D eigenvalue weighted by Crippen LogP contribution is 2.24. The van der Waals surface area contributed by atoms with Gasteiger partial charge in [-0.15, -0.1) is 0 Å². The number of hydrogen-bond acceptors (Lipinski definition) is 2. The van der Waals surface area contributed by atoms with Crippen molar-refractivity contribution in [3.63, 3.8) is 0 Å². The molecule has 0 saturated carbocycles. The molecule has 142 valence electrons. The molecule has 3 aromatic carbocycles. The van der Waals surface area contributed by atoms with Crippen LogP contribution in [0.1, 0.15) is 50.4 Å². The van der Waals surface area contributed by atoms with E-state index >= 15 is 0 Å². The lowest BCUT2D eigenvalue weighted by atomic mass is 9.96. The van der Waals surface area contributed by atoms with Crippen LogP contribution in [0.25, 0.3) is 0 Å². The third-order valence-electron chi connectivity index (χ3n) is 4.59. The maximum Gasteiger partial charge on any atom is 0.252 e. The highest BCUT2D eigenvalue weighted by Gasteiger charge is 2.19. The van der Waals surface area contributed by atoms with E-state index in [1.165, 1.54) is 23.8 Å². The Morgan fingerprint density at radius 3 is 2.25 bits per heavy atom. The van der Waals surface area contributed by atoms with Crippen LogP contribution in [0.2, 0.25) is 0 Å². The van der Waals surface area contributed by atoms with Crippen LogP contribution in [0.4, 0.5) is 4.39 Å². The van der Waals surface area contributed by atoms with Gasteiger partial charge in [0.15, 0.2) is 0 Å². The number of amides is 2. The normalized spacial score (nSPS) is 11.6. The van der Waals surface area contributed by atoms with Crippen molar-refractivity contribution in [2.75, 3.05) is 0 Å². The van der Waals surface area contributed by atoms with Crippen LogP contribution < -0.4 is 11.1 Å². The molecule has 0 fully saturated rings. The highest BCUT2D eigenvalue weighted by atomic mass is 19.1. The zero-order chi connectivity index (χ0) is 20.1. The van der Waals surface area contributed by atoms with E-state index in [9.17, 15) is 14.0 Å². The molecule has 0 aliphatic heterocycles. The second-order valence-electron chi connectivity index (χ2n) is 6.50. The van der Waals surface area contributed by atoms with Gasteiger partial charge >= 0.3 is 0 Å². The Morgan fingerprint density at radius 1 is 0.929 bits per heavy atom. The van der Waals surface area contributed by atoms with Crippen LogP contribution in [-0.2, 0) is 6.42 Å². The molecule has 28 heavy (non-hydrogen) atoms. The molecule has 1 atom stereocenters. The van der Waals surface area contributed by atoms with Crippen molar-refractivity contribution in [2.45, 2.75) is 19.4 Å². The zero-order valence-electron chi connectivity index (χ0n) is 15.5. The molecule has 0 radical (unpaired) electrons. The zero-order valence-corrected chi connectivity index (χ0v) is 15.5. The van der Waals surface area contributed by atoms with Crippen molar-refractivity contribution >= 4 is 11.8 Å². The summed E-state index contributed by atoms with van der Waals surface area (Å²) in [5.74, 6) is -1.36. The first-order valence-corrected chi connectivity index (χ1v) is 9.03. The number of halogens is 1. The summed E-state index contributed by atoms with van der Waals surface area (Å²) >= 11 is 0. The number of nitrogens with two attached hydrogens (primary N) is 1. The van der Waals surface area contributed by atoms with Gasteiger partial charge in [-0.25, -0.2) is 4.39 Å². The van der Waals surface area contributed by atoms with E-state index in [1.807, 2.05) is 24.3 Å². The van der Waals surface area contributed by atoms with E-state index in [2.05, 4.69) is 12.2 Å². The molecule has 3 N–H and O–H groups in total. The maximum atomic E-state index is 13.8. The maximum absolute atomic E-state index is 13.8. The van der Waals surface area contributed by atoms with Gasteiger partial charge in [0.25, 0.3) is 5.91 Å². The second kappa shape index (κ2) is 8.48. The third kappa shape index (κ3) is 4.43. The monoisotopic (exact) mass is 376 g/mol. The van der Waals surface area contributed by atoms with Gasteiger partial charge in [0, 0.05) is 11.1 Å². The third-order valence-corrected chi connectivity index (χ3v) is 4.59. The fraction of sp³-hybridized carbons (Fsp3) is 0.130. The lowest BCUT2D eigenvalue weighted by molar-refractivity contribution is 0.0943. The van der Waals surface area contributed by atoms with E-state index in [1.54, 1.807) is 30.3 Å². The number of benzene rings is 3. The van der Waals surface area contributed by atoms with Crippen molar-refractivity contribution in [1.82, 2.24) is 5.32 Å². The molecule has 0 aromatic heterocycles. The molecule has 3 rings (SSSR count). The predicted octanol–water partition coefficient (Wildman–Crippen LogP) is 4.01. The fourth-order valence-corrected chi connectivity index (χ4v) is 3.02. The molecule has 0 spiro atoms. The van der Waals surface area contributed by atoms with Crippen LogP contribution in [0, 0.1) is 5.82 Å². The van der Waals surface area contributed by atoms with Gasteiger partial charge in [0.1, 0.15) is 5.82 Å². The molecular formula is C23H21FN2O2. The molecule has 2 amide bonds. The molecule has 5 heteroatoms. The molecule has 0 saturated heterocycles. The van der Waals surface area contributed by atoms with E-state index < -0.39 is 11.9 Å². The smallest absolute Gasteiger partial charge is 0.252 e. The number of aryl methyl sites for hydroxylation is 1. The quantitative estimate of drug-likeness (QED) is 0.682. The number of nitrogens with one attached hydrogen (secondary N) is 1. The minimum absolute atomic E-state index is 0.252. The lowest BCUT2D eigenvalue weighted by Crippen LogP contribution is -2.29. The summed E-state index contributed by atoms with van der Waals surface area (Å²) in [4.78, 5) is 24.2. The first-order valence-electron chi connectivity index (χ1n) is 9.03. The topological polar surface area (TPSA) is 72.2 Å². The van der Waals surface area contributed by atoms with Crippen molar-refractivity contribution in [3.8, 4) is 0 Å². The fourth-order valence-electron chi connectivity index (χ4n) is 3.02. The van der Waals surface area contributed by atoms with Crippen LogP contribution >= 0.6 is 0 Å². The van der Waals surface area contributed by atoms with Gasteiger partial charge in [0.2, 0.25) is 5.91 Å². The van der Waals surface area contributed by atoms with Gasteiger partial charge in [-0.2, -0.15) is 0 Å². The number of carbonyl (C=O) groups excluding carboxylic acids is 2. The Bertz CT molecular complexity index is 999. The molecule has 0 bridgehead atoms. The van der Waals surface area contributed by atoms with Crippen molar-refractivity contribution < 1.29 is 14.0 Å². The van der Waals surface area contributed by atoms with Gasteiger partial charge < -0.3 is 11.1 Å². The first kappa shape index (κ1) is 19.3. The molecule has 0 aliphatic rings. The molecular weight excluding hydrogens is 355 g/mol. The Hall–Kier alpha value is -3.47. The molecule has 0 unspecified atom stereocenters. The molecule has 0 heterocycles. The van der Waals surface area contributed by atoms with E-state index in [0.717, 1.165) is 12.0 Å². The number of rotatable bonds is 6. The molecule has 3 aromatic rings. The van der Waals surface area contributed by atoms with Crippen LogP contribution in [0.15, 0.2) is 72.8 Å². The van der Waals surface area contributed by atoms with Crippen molar-refractivity contribution in [2.24, 2.45) is 5.73 Å². The van der Waals surface area contributed by atoms with Gasteiger partial charge in [-0.05, 0) is 53.4 Å². The average Bonchev–Trinajstić information content (AvgIpc) is 2.72. The minimum atomic E-state index is -0.605. The average molecular weight is 376 g/mol. The highest BCUT2D eigenvalue weighted by molar-refractivity contribution is 5.99. The molecule has 0 aliphatic carbocycles. The van der Waals surface area contributed by atoms with Gasteiger partial charge in [-0.3, -0.25) is 9.59 Å². The number of carbonyl (C=O) groups is 2. The van der Waals surface area contributed by atoms with Gasteiger partial charge in [-0.1, -0.05) is 49.4 Å². The Morgan fingerprint density at radius 2 is 1.61 bits per heavy atom. The van der Waals surface area contributed by atoms with Crippen LogP contribution in [0.5, 0.6) is 0 Å². The van der Waals surface area contributed by atoms with Crippen LogP contribution in [0.3, 0.4) is 0 Å². The minimum Gasteiger partial charge on any atom is -0.366 e. The largest absolute Gasteiger partial charge is 0.366 e. The Kier molecular flexibility index (Phi) is 5.84. The summed E-state index contributed by atoms with van der Waals surface area (Å²) in [6.45, 7) is 2.06. The standard InChI is InChI=1S/C23H21FN2O2/c1-2-15-9-11-16(12-10-15)21(17-5-4-8-20(24)14-17)26-23(28)19-7-3-6-18(13-19)22(25)27/h3-14,21H,2H2,1H3,(H2,25,27)(H,26,28)/t21-/m1/s1. The summed E-state index contributed by atoms with van der Waals surface area (Å²) in [7, 11) is 0. The van der Waals surface area contributed by atoms with Gasteiger partial charge in [0.05, 0.1) is 6.04 Å².